The Balaban J connectivity index is 2.07. The van der Waals surface area contributed by atoms with Crippen molar-refractivity contribution in [3.8, 4) is 0 Å². The fourth-order valence-corrected chi connectivity index (χ4v) is 2.31. The number of nitrogens with zero attached hydrogens (tertiary/aromatic N) is 4. The third-order valence-corrected chi connectivity index (χ3v) is 3.16. The molecule has 6 heteroatoms. The van der Waals surface area contributed by atoms with E-state index in [9.17, 15) is 9.90 Å². The number of rotatable bonds is 3. The lowest BCUT2D eigenvalue weighted by Gasteiger charge is -2.25. The predicted octanol–water partition coefficient (Wildman–Crippen LogP) is 0.644. The second kappa shape index (κ2) is 5.27. The Morgan fingerprint density at radius 1 is 1.53 bits per heavy atom. The topological polar surface area (TPSA) is 71.2 Å². The van der Waals surface area contributed by atoms with E-state index < -0.39 is 5.97 Å². The van der Waals surface area contributed by atoms with E-state index in [1.54, 1.807) is 4.68 Å². The second-order valence-corrected chi connectivity index (χ2v) is 4.56. The van der Waals surface area contributed by atoms with Crippen molar-refractivity contribution in [1.29, 1.82) is 0 Å². The van der Waals surface area contributed by atoms with Crippen molar-refractivity contribution in [2.24, 2.45) is 7.05 Å². The molecule has 0 bridgehead atoms. The van der Waals surface area contributed by atoms with Crippen LogP contribution in [-0.2, 0) is 18.4 Å². The van der Waals surface area contributed by atoms with Gasteiger partial charge >= 0.3 is 5.97 Å². The average Bonchev–Trinajstić information content (AvgIpc) is 2.55. The van der Waals surface area contributed by atoms with Crippen molar-refractivity contribution in [3.05, 3.63) is 11.9 Å². The molecule has 1 fully saturated rings. The standard InChI is InChI=1S/C11H18N4O2/c1-14-7-9(12-13-14)8-15-6-4-2-3-5-10(15)11(16)17/h7,10H,2-6,8H2,1H3,(H,16,17). The van der Waals surface area contributed by atoms with Gasteiger partial charge in [-0.15, -0.1) is 5.10 Å². The zero-order valence-corrected chi connectivity index (χ0v) is 10.0. The Morgan fingerprint density at radius 2 is 2.35 bits per heavy atom. The molecule has 94 valence electrons. The first-order valence-corrected chi connectivity index (χ1v) is 5.99. The monoisotopic (exact) mass is 238 g/mol. The first kappa shape index (κ1) is 12.0. The van der Waals surface area contributed by atoms with Crippen molar-refractivity contribution in [1.82, 2.24) is 19.9 Å². The zero-order valence-electron chi connectivity index (χ0n) is 10.0. The minimum Gasteiger partial charge on any atom is -0.480 e. The molecular formula is C11H18N4O2. The van der Waals surface area contributed by atoms with Crippen LogP contribution in [0, 0.1) is 0 Å². The fraction of sp³-hybridized carbons (Fsp3) is 0.727. The summed E-state index contributed by atoms with van der Waals surface area (Å²) >= 11 is 0. The van der Waals surface area contributed by atoms with Crippen LogP contribution in [0.2, 0.25) is 0 Å². The van der Waals surface area contributed by atoms with Gasteiger partial charge in [0.2, 0.25) is 0 Å². The molecule has 1 atom stereocenters. The summed E-state index contributed by atoms with van der Waals surface area (Å²) in [5.74, 6) is -0.726. The summed E-state index contributed by atoms with van der Waals surface area (Å²) in [5, 5.41) is 17.1. The molecule has 0 aromatic carbocycles. The quantitative estimate of drug-likeness (QED) is 0.837. The van der Waals surface area contributed by atoms with Crippen LogP contribution in [0.1, 0.15) is 31.4 Å². The summed E-state index contributed by atoms with van der Waals surface area (Å²) in [6, 6.07) is -0.375. The van der Waals surface area contributed by atoms with E-state index in [1.807, 2.05) is 18.1 Å². The van der Waals surface area contributed by atoms with Crippen LogP contribution in [0.3, 0.4) is 0 Å². The van der Waals surface area contributed by atoms with E-state index in [0.29, 0.717) is 6.54 Å². The van der Waals surface area contributed by atoms with Crippen molar-refractivity contribution < 1.29 is 9.90 Å². The normalized spacial score (nSPS) is 22.3. The lowest BCUT2D eigenvalue weighted by atomic mass is 10.1. The van der Waals surface area contributed by atoms with E-state index in [4.69, 9.17) is 0 Å². The van der Waals surface area contributed by atoms with Crippen molar-refractivity contribution >= 4 is 5.97 Å². The third kappa shape index (κ3) is 3.03. The smallest absolute Gasteiger partial charge is 0.320 e. The van der Waals surface area contributed by atoms with Crippen LogP contribution < -0.4 is 0 Å². The van der Waals surface area contributed by atoms with Crippen LogP contribution in [0.5, 0.6) is 0 Å². The van der Waals surface area contributed by atoms with Crippen LogP contribution >= 0.6 is 0 Å². The van der Waals surface area contributed by atoms with E-state index >= 15 is 0 Å². The Bertz CT molecular complexity index is 391. The third-order valence-electron chi connectivity index (χ3n) is 3.16. The van der Waals surface area contributed by atoms with Gasteiger partial charge in [-0.25, -0.2) is 0 Å². The molecule has 6 nitrogen and oxygen atoms in total. The number of hydrogen-bond donors (Lipinski definition) is 1. The maximum Gasteiger partial charge on any atom is 0.320 e. The Kier molecular flexibility index (Phi) is 3.73. The van der Waals surface area contributed by atoms with Crippen LogP contribution in [-0.4, -0.2) is 43.6 Å². The van der Waals surface area contributed by atoms with Gasteiger partial charge in [0.25, 0.3) is 0 Å². The van der Waals surface area contributed by atoms with Gasteiger partial charge in [-0.05, 0) is 19.4 Å². The maximum absolute atomic E-state index is 11.2. The zero-order chi connectivity index (χ0) is 12.3. The molecule has 0 radical (unpaired) electrons. The first-order chi connectivity index (χ1) is 8.16. The second-order valence-electron chi connectivity index (χ2n) is 4.56. The largest absolute Gasteiger partial charge is 0.480 e. The molecule has 0 aliphatic carbocycles. The predicted molar refractivity (Wildman–Crippen MR) is 61.3 cm³/mol. The average molecular weight is 238 g/mol. The molecule has 1 unspecified atom stereocenters. The van der Waals surface area contributed by atoms with Gasteiger partial charge in [0.05, 0.1) is 5.69 Å². The van der Waals surface area contributed by atoms with Gasteiger partial charge < -0.3 is 5.11 Å². The Hall–Kier alpha value is -1.43. The van der Waals surface area contributed by atoms with Gasteiger partial charge in [0.1, 0.15) is 6.04 Å². The molecule has 17 heavy (non-hydrogen) atoms. The maximum atomic E-state index is 11.2. The number of aromatic nitrogens is 3. The molecule has 1 aliphatic heterocycles. The van der Waals surface area contributed by atoms with E-state index in [-0.39, 0.29) is 6.04 Å². The molecule has 1 N–H and O–H groups in total. The molecule has 1 saturated heterocycles. The lowest BCUT2D eigenvalue weighted by Crippen LogP contribution is -2.40. The van der Waals surface area contributed by atoms with Crippen LogP contribution in [0.15, 0.2) is 6.20 Å². The number of carboxylic acids is 1. The summed E-state index contributed by atoms with van der Waals surface area (Å²) in [4.78, 5) is 13.2. The van der Waals surface area contributed by atoms with Crippen LogP contribution in [0.25, 0.3) is 0 Å². The summed E-state index contributed by atoms with van der Waals surface area (Å²) < 4.78 is 1.64. The van der Waals surface area contributed by atoms with Crippen molar-refractivity contribution in [3.63, 3.8) is 0 Å². The molecule has 0 amide bonds. The molecule has 1 aromatic rings. The number of likely N-dealkylation sites (tertiary alicyclic amines) is 1. The summed E-state index contributed by atoms with van der Waals surface area (Å²) in [6.45, 7) is 1.40. The van der Waals surface area contributed by atoms with Gasteiger partial charge in [-0.3, -0.25) is 14.4 Å². The first-order valence-electron chi connectivity index (χ1n) is 5.99. The highest BCUT2D eigenvalue weighted by Gasteiger charge is 2.27. The fourth-order valence-electron chi connectivity index (χ4n) is 2.31. The molecule has 2 heterocycles. The molecule has 1 aliphatic rings. The molecular weight excluding hydrogens is 220 g/mol. The highest BCUT2D eigenvalue weighted by Crippen LogP contribution is 2.18. The Morgan fingerprint density at radius 3 is 3.00 bits per heavy atom. The molecule has 1 aromatic heterocycles. The number of aryl methyl sites for hydroxylation is 1. The minimum absolute atomic E-state index is 0.375. The highest BCUT2D eigenvalue weighted by atomic mass is 16.4. The SMILES string of the molecule is Cn1cc(CN2CCCCCC2C(=O)O)nn1. The van der Waals surface area contributed by atoms with Gasteiger partial charge in [-0.1, -0.05) is 18.1 Å². The Labute approximate surface area is 100 Å². The van der Waals surface area contributed by atoms with Gasteiger partial charge in [0.15, 0.2) is 0 Å². The molecule has 0 saturated carbocycles. The van der Waals surface area contributed by atoms with Crippen molar-refractivity contribution in [2.45, 2.75) is 38.3 Å². The summed E-state index contributed by atoms with van der Waals surface area (Å²) in [6.07, 6.45) is 5.73. The highest BCUT2D eigenvalue weighted by molar-refractivity contribution is 5.73. The van der Waals surface area contributed by atoms with E-state index in [0.717, 1.165) is 37.9 Å². The number of hydrogen-bond acceptors (Lipinski definition) is 4. The van der Waals surface area contributed by atoms with Crippen LogP contribution in [0.4, 0.5) is 0 Å². The summed E-state index contributed by atoms with van der Waals surface area (Å²) in [5.41, 5.74) is 0.834. The lowest BCUT2D eigenvalue weighted by molar-refractivity contribution is -0.143. The van der Waals surface area contributed by atoms with Gasteiger partial charge in [-0.2, -0.15) is 0 Å². The van der Waals surface area contributed by atoms with E-state index in [1.165, 1.54) is 0 Å². The van der Waals surface area contributed by atoms with Crippen molar-refractivity contribution in [2.75, 3.05) is 6.54 Å². The summed E-state index contributed by atoms with van der Waals surface area (Å²) in [7, 11) is 1.81. The number of carboxylic acid groups (broad SMARTS) is 1. The van der Waals surface area contributed by atoms with Gasteiger partial charge in [0, 0.05) is 19.8 Å². The molecule has 0 spiro atoms. The van der Waals surface area contributed by atoms with E-state index in [2.05, 4.69) is 10.3 Å². The number of aliphatic carboxylic acids is 1. The molecule has 2 rings (SSSR count). The minimum atomic E-state index is -0.726. The number of carbonyl (C=O) groups is 1.